The van der Waals surface area contributed by atoms with Crippen LogP contribution in [-0.4, -0.2) is 39.0 Å². The molecule has 1 aliphatic heterocycles. The summed E-state index contributed by atoms with van der Waals surface area (Å²) in [4.78, 5) is 2.46. The standard InChI is InChI=1S/C14H23N3O2S/c1-9-5-13(20(15,18)19)7-14(11(9)3)16-12-6-10(2)17(4)8-12/h5,7,10,12,16H,6,8H2,1-4H3,(H2,15,18,19). The van der Waals surface area contributed by atoms with Gasteiger partial charge in [0.05, 0.1) is 4.90 Å². The second-order valence-corrected chi connectivity index (χ2v) is 7.38. The van der Waals surface area contributed by atoms with Crippen molar-refractivity contribution in [1.29, 1.82) is 0 Å². The van der Waals surface area contributed by atoms with Crippen LogP contribution in [0.4, 0.5) is 5.69 Å². The topological polar surface area (TPSA) is 75.4 Å². The lowest BCUT2D eigenvalue weighted by molar-refractivity contribution is 0.330. The van der Waals surface area contributed by atoms with Gasteiger partial charge in [-0.2, -0.15) is 0 Å². The van der Waals surface area contributed by atoms with E-state index in [0.29, 0.717) is 12.1 Å². The summed E-state index contributed by atoms with van der Waals surface area (Å²) in [6.07, 6.45) is 1.05. The molecule has 3 N–H and O–H groups in total. The Labute approximate surface area is 121 Å². The van der Waals surface area contributed by atoms with Gasteiger partial charge in [-0.25, -0.2) is 13.6 Å². The number of likely N-dealkylation sites (tertiary alicyclic amines) is 1. The third-order valence-electron chi connectivity index (χ3n) is 4.22. The van der Waals surface area contributed by atoms with Crippen LogP contribution in [0.15, 0.2) is 17.0 Å². The zero-order chi connectivity index (χ0) is 15.1. The molecule has 1 aliphatic rings. The molecule has 112 valence electrons. The van der Waals surface area contributed by atoms with E-state index in [1.807, 2.05) is 13.8 Å². The molecular formula is C14H23N3O2S. The van der Waals surface area contributed by atoms with Crippen LogP contribution in [0.5, 0.6) is 0 Å². The van der Waals surface area contributed by atoms with E-state index in [0.717, 1.165) is 29.8 Å². The minimum absolute atomic E-state index is 0.169. The van der Waals surface area contributed by atoms with Crippen LogP contribution in [-0.2, 0) is 10.0 Å². The van der Waals surface area contributed by atoms with Gasteiger partial charge in [0.2, 0.25) is 10.0 Å². The molecule has 0 aliphatic carbocycles. The number of likely N-dealkylation sites (N-methyl/N-ethyl adjacent to an activating group) is 1. The molecule has 2 unspecified atom stereocenters. The molecule has 5 nitrogen and oxygen atoms in total. The van der Waals surface area contributed by atoms with Crippen molar-refractivity contribution in [2.24, 2.45) is 5.14 Å². The highest BCUT2D eigenvalue weighted by Gasteiger charge is 2.26. The van der Waals surface area contributed by atoms with Crippen molar-refractivity contribution in [3.63, 3.8) is 0 Å². The van der Waals surface area contributed by atoms with E-state index in [9.17, 15) is 8.42 Å². The van der Waals surface area contributed by atoms with Crippen molar-refractivity contribution >= 4 is 15.7 Å². The number of rotatable bonds is 3. The molecular weight excluding hydrogens is 274 g/mol. The zero-order valence-corrected chi connectivity index (χ0v) is 13.3. The van der Waals surface area contributed by atoms with E-state index in [4.69, 9.17) is 5.14 Å². The number of hydrogen-bond donors (Lipinski definition) is 2. The molecule has 1 fully saturated rings. The van der Waals surface area contributed by atoms with E-state index in [2.05, 4.69) is 24.2 Å². The molecule has 0 amide bonds. The van der Waals surface area contributed by atoms with Gasteiger partial charge in [0.15, 0.2) is 0 Å². The van der Waals surface area contributed by atoms with Gasteiger partial charge in [-0.05, 0) is 57.5 Å². The molecule has 2 rings (SSSR count). The first-order chi connectivity index (χ1) is 9.18. The van der Waals surface area contributed by atoms with Crippen molar-refractivity contribution < 1.29 is 8.42 Å². The van der Waals surface area contributed by atoms with Crippen LogP contribution in [0.2, 0.25) is 0 Å². The van der Waals surface area contributed by atoms with Gasteiger partial charge in [0, 0.05) is 24.3 Å². The Morgan fingerprint density at radius 1 is 1.35 bits per heavy atom. The fraction of sp³-hybridized carbons (Fsp3) is 0.571. The van der Waals surface area contributed by atoms with Crippen molar-refractivity contribution in [1.82, 2.24) is 4.90 Å². The molecule has 0 radical (unpaired) electrons. The summed E-state index contributed by atoms with van der Waals surface area (Å²) in [7, 11) is -1.57. The van der Waals surface area contributed by atoms with Crippen molar-refractivity contribution in [3.05, 3.63) is 23.3 Å². The average Bonchev–Trinajstić information content (AvgIpc) is 2.62. The van der Waals surface area contributed by atoms with Crippen LogP contribution < -0.4 is 10.5 Å². The maximum absolute atomic E-state index is 11.5. The Morgan fingerprint density at radius 3 is 2.50 bits per heavy atom. The summed E-state index contributed by atoms with van der Waals surface area (Å²) in [6, 6.07) is 4.14. The quantitative estimate of drug-likeness (QED) is 0.885. The first kappa shape index (κ1) is 15.3. The van der Waals surface area contributed by atoms with E-state index in [-0.39, 0.29) is 4.90 Å². The maximum atomic E-state index is 11.5. The summed E-state index contributed by atoms with van der Waals surface area (Å²) in [5.41, 5.74) is 2.86. The zero-order valence-electron chi connectivity index (χ0n) is 12.5. The van der Waals surface area contributed by atoms with Crippen LogP contribution in [0.25, 0.3) is 0 Å². The Balaban J connectivity index is 2.30. The molecule has 0 spiro atoms. The third-order valence-corrected chi connectivity index (χ3v) is 5.11. The lowest BCUT2D eigenvalue weighted by atomic mass is 10.1. The van der Waals surface area contributed by atoms with Gasteiger partial charge in [-0.15, -0.1) is 0 Å². The molecule has 0 bridgehead atoms. The van der Waals surface area contributed by atoms with Gasteiger partial charge in [0.1, 0.15) is 0 Å². The average molecular weight is 297 g/mol. The Hall–Kier alpha value is -1.11. The fourth-order valence-corrected chi connectivity index (χ4v) is 3.28. The number of anilines is 1. The van der Waals surface area contributed by atoms with E-state index in [1.54, 1.807) is 12.1 Å². The van der Waals surface area contributed by atoms with Gasteiger partial charge < -0.3 is 10.2 Å². The SMILES string of the molecule is Cc1cc(S(N)(=O)=O)cc(NC2CC(C)N(C)C2)c1C. The summed E-state index contributed by atoms with van der Waals surface area (Å²) in [5, 5.41) is 8.69. The number of primary sulfonamides is 1. The molecule has 2 atom stereocenters. The molecule has 20 heavy (non-hydrogen) atoms. The Morgan fingerprint density at radius 2 is 2.00 bits per heavy atom. The van der Waals surface area contributed by atoms with E-state index < -0.39 is 10.0 Å². The van der Waals surface area contributed by atoms with Crippen molar-refractivity contribution in [3.8, 4) is 0 Å². The minimum atomic E-state index is -3.67. The molecule has 0 aromatic heterocycles. The number of nitrogens with one attached hydrogen (secondary N) is 1. The van der Waals surface area contributed by atoms with Gasteiger partial charge in [-0.3, -0.25) is 0 Å². The van der Waals surface area contributed by atoms with Crippen molar-refractivity contribution in [2.75, 3.05) is 18.9 Å². The number of nitrogens with two attached hydrogens (primary N) is 1. The van der Waals surface area contributed by atoms with Gasteiger partial charge in [-0.1, -0.05) is 0 Å². The second-order valence-electron chi connectivity index (χ2n) is 5.82. The predicted octanol–water partition coefficient (Wildman–Crippen LogP) is 1.46. The highest BCUT2D eigenvalue weighted by molar-refractivity contribution is 7.89. The fourth-order valence-electron chi connectivity index (χ4n) is 2.66. The largest absolute Gasteiger partial charge is 0.381 e. The smallest absolute Gasteiger partial charge is 0.238 e. The normalized spacial score (nSPS) is 24.1. The first-order valence-electron chi connectivity index (χ1n) is 6.79. The highest BCUT2D eigenvalue weighted by Crippen LogP contribution is 2.26. The first-order valence-corrected chi connectivity index (χ1v) is 8.34. The number of sulfonamides is 1. The molecule has 1 heterocycles. The van der Waals surface area contributed by atoms with Crippen molar-refractivity contribution in [2.45, 2.75) is 44.2 Å². The van der Waals surface area contributed by atoms with Crippen LogP contribution in [0.1, 0.15) is 24.5 Å². The van der Waals surface area contributed by atoms with Crippen LogP contribution in [0.3, 0.4) is 0 Å². The Kier molecular flexibility index (Phi) is 4.09. The number of aryl methyl sites for hydroxylation is 1. The summed E-state index contributed by atoms with van der Waals surface area (Å²) >= 11 is 0. The molecule has 1 aromatic carbocycles. The molecule has 1 aromatic rings. The summed E-state index contributed by atoms with van der Waals surface area (Å²) < 4.78 is 23.1. The Bertz CT molecular complexity index is 603. The summed E-state index contributed by atoms with van der Waals surface area (Å²) in [6.45, 7) is 7.05. The maximum Gasteiger partial charge on any atom is 0.238 e. The van der Waals surface area contributed by atoms with Crippen LogP contribution in [0, 0.1) is 13.8 Å². The van der Waals surface area contributed by atoms with Gasteiger partial charge in [0.25, 0.3) is 0 Å². The predicted molar refractivity (Wildman–Crippen MR) is 81.4 cm³/mol. The second kappa shape index (κ2) is 5.35. The highest BCUT2D eigenvalue weighted by atomic mass is 32.2. The number of nitrogens with zero attached hydrogens (tertiary/aromatic N) is 1. The lowest BCUT2D eigenvalue weighted by Gasteiger charge is -2.18. The third kappa shape index (κ3) is 3.13. The monoisotopic (exact) mass is 297 g/mol. The van der Waals surface area contributed by atoms with Gasteiger partial charge >= 0.3 is 0 Å². The van der Waals surface area contributed by atoms with Crippen LogP contribution >= 0.6 is 0 Å². The molecule has 0 saturated carbocycles. The van der Waals surface area contributed by atoms with E-state index in [1.165, 1.54) is 0 Å². The molecule has 6 heteroatoms. The minimum Gasteiger partial charge on any atom is -0.381 e. The number of benzene rings is 1. The summed E-state index contributed by atoms with van der Waals surface area (Å²) in [5.74, 6) is 0. The lowest BCUT2D eigenvalue weighted by Crippen LogP contribution is -2.25. The van der Waals surface area contributed by atoms with E-state index >= 15 is 0 Å². The number of hydrogen-bond acceptors (Lipinski definition) is 4. The molecule has 1 saturated heterocycles.